The van der Waals surface area contributed by atoms with E-state index in [0.717, 1.165) is 18.5 Å². The van der Waals surface area contributed by atoms with Crippen LogP contribution in [0.15, 0.2) is 10.9 Å². The van der Waals surface area contributed by atoms with Gasteiger partial charge in [-0.05, 0) is 18.3 Å². The van der Waals surface area contributed by atoms with E-state index in [-0.39, 0.29) is 6.04 Å². The van der Waals surface area contributed by atoms with Gasteiger partial charge >= 0.3 is 0 Å². The maximum Gasteiger partial charge on any atom is 0.0795 e. The highest BCUT2D eigenvalue weighted by Gasteiger charge is 2.14. The molecule has 0 spiro atoms. The van der Waals surface area contributed by atoms with Gasteiger partial charge in [-0.15, -0.1) is 11.3 Å². The van der Waals surface area contributed by atoms with Crippen LogP contribution in [0.2, 0.25) is 0 Å². The third kappa shape index (κ3) is 3.87. The fraction of sp³-hybridized carbons (Fsp3) is 0.700. The molecule has 0 fully saturated rings. The predicted molar refractivity (Wildman–Crippen MR) is 57.7 cm³/mol. The maximum absolute atomic E-state index is 5.99. The predicted octanol–water partition coefficient (Wildman–Crippen LogP) is 2.97. The van der Waals surface area contributed by atoms with Crippen LogP contribution in [0.25, 0.3) is 0 Å². The Labute approximate surface area is 84.2 Å². The van der Waals surface area contributed by atoms with E-state index >= 15 is 0 Å². The van der Waals surface area contributed by atoms with Crippen LogP contribution in [0.1, 0.15) is 45.3 Å². The van der Waals surface area contributed by atoms with Crippen molar-refractivity contribution in [3.05, 3.63) is 16.6 Å². The van der Waals surface area contributed by atoms with Gasteiger partial charge in [0.1, 0.15) is 0 Å². The lowest BCUT2D eigenvalue weighted by molar-refractivity contribution is 0.348. The molecular formula is C10H18N2S. The van der Waals surface area contributed by atoms with Crippen molar-refractivity contribution in [3.8, 4) is 0 Å². The van der Waals surface area contributed by atoms with Crippen molar-refractivity contribution in [2.75, 3.05) is 0 Å². The van der Waals surface area contributed by atoms with Crippen LogP contribution in [0.5, 0.6) is 0 Å². The monoisotopic (exact) mass is 198 g/mol. The van der Waals surface area contributed by atoms with Crippen LogP contribution in [0, 0.1) is 5.41 Å². The van der Waals surface area contributed by atoms with Crippen molar-refractivity contribution in [1.29, 1.82) is 0 Å². The summed E-state index contributed by atoms with van der Waals surface area (Å²) < 4.78 is 0. The third-order valence-electron chi connectivity index (χ3n) is 2.04. The second kappa shape index (κ2) is 4.20. The summed E-state index contributed by atoms with van der Waals surface area (Å²) in [5.74, 6) is 0. The molecule has 0 aliphatic heterocycles. The molecule has 0 aliphatic rings. The van der Waals surface area contributed by atoms with Gasteiger partial charge in [-0.25, -0.2) is 4.98 Å². The van der Waals surface area contributed by atoms with E-state index in [2.05, 4.69) is 25.8 Å². The zero-order valence-corrected chi connectivity index (χ0v) is 9.40. The molecule has 74 valence electrons. The Kier molecular flexibility index (Phi) is 3.45. The number of hydrogen-bond acceptors (Lipinski definition) is 3. The highest BCUT2D eigenvalue weighted by Crippen LogP contribution is 2.25. The van der Waals surface area contributed by atoms with E-state index < -0.39 is 0 Å². The lowest BCUT2D eigenvalue weighted by Crippen LogP contribution is -2.14. The molecule has 1 aromatic heterocycles. The minimum Gasteiger partial charge on any atom is -0.323 e. The molecule has 2 nitrogen and oxygen atoms in total. The minimum absolute atomic E-state index is 0.116. The van der Waals surface area contributed by atoms with Gasteiger partial charge in [0.25, 0.3) is 0 Å². The summed E-state index contributed by atoms with van der Waals surface area (Å²) in [4.78, 5) is 4.21. The number of hydrogen-bond donors (Lipinski definition) is 1. The lowest BCUT2D eigenvalue weighted by atomic mass is 9.88. The van der Waals surface area contributed by atoms with E-state index in [1.165, 1.54) is 0 Å². The van der Waals surface area contributed by atoms with Gasteiger partial charge in [-0.3, -0.25) is 0 Å². The molecule has 0 aromatic carbocycles. The molecule has 0 unspecified atom stereocenters. The number of nitrogens with zero attached hydrogens (tertiary/aromatic N) is 1. The summed E-state index contributed by atoms with van der Waals surface area (Å²) in [6, 6.07) is 0.116. The lowest BCUT2D eigenvalue weighted by Gasteiger charge is -2.19. The number of rotatable bonds is 3. The van der Waals surface area contributed by atoms with E-state index in [9.17, 15) is 0 Å². The summed E-state index contributed by atoms with van der Waals surface area (Å²) >= 11 is 1.61. The SMILES string of the molecule is CC(C)(C)CC[C@H](N)c1cscn1. The van der Waals surface area contributed by atoms with Crippen molar-refractivity contribution in [3.63, 3.8) is 0 Å². The van der Waals surface area contributed by atoms with Crippen LogP contribution < -0.4 is 5.73 Å². The Morgan fingerprint density at radius 1 is 1.54 bits per heavy atom. The smallest absolute Gasteiger partial charge is 0.0795 e. The normalized spacial score (nSPS) is 14.5. The van der Waals surface area contributed by atoms with Crippen LogP contribution in [0.3, 0.4) is 0 Å². The van der Waals surface area contributed by atoms with Crippen LogP contribution in [0.4, 0.5) is 0 Å². The van der Waals surface area contributed by atoms with Gasteiger partial charge < -0.3 is 5.73 Å². The van der Waals surface area contributed by atoms with Crippen molar-refractivity contribution in [2.24, 2.45) is 11.1 Å². The first-order chi connectivity index (χ1) is 5.99. The molecule has 1 aromatic rings. The molecule has 0 aliphatic carbocycles. The summed E-state index contributed by atoms with van der Waals surface area (Å²) in [5, 5.41) is 2.04. The van der Waals surface area contributed by atoms with E-state index in [0.29, 0.717) is 5.41 Å². The molecular weight excluding hydrogens is 180 g/mol. The summed E-state index contributed by atoms with van der Waals surface area (Å²) in [6.45, 7) is 6.71. The Bertz CT molecular complexity index is 236. The van der Waals surface area contributed by atoms with Crippen molar-refractivity contribution >= 4 is 11.3 Å². The fourth-order valence-corrected chi connectivity index (χ4v) is 1.76. The van der Waals surface area contributed by atoms with Gasteiger partial charge in [0.15, 0.2) is 0 Å². The van der Waals surface area contributed by atoms with Crippen molar-refractivity contribution < 1.29 is 0 Å². The van der Waals surface area contributed by atoms with E-state index in [4.69, 9.17) is 5.73 Å². The van der Waals surface area contributed by atoms with E-state index in [1.54, 1.807) is 11.3 Å². The van der Waals surface area contributed by atoms with Gasteiger partial charge in [-0.2, -0.15) is 0 Å². The first-order valence-corrected chi connectivity index (χ1v) is 5.57. The van der Waals surface area contributed by atoms with Gasteiger partial charge in [0.2, 0.25) is 0 Å². The average molecular weight is 198 g/mol. The zero-order valence-electron chi connectivity index (χ0n) is 8.58. The van der Waals surface area contributed by atoms with Gasteiger partial charge in [0, 0.05) is 11.4 Å². The molecule has 1 rings (SSSR count). The summed E-state index contributed by atoms with van der Waals surface area (Å²) in [6.07, 6.45) is 2.17. The maximum atomic E-state index is 5.99. The van der Waals surface area contributed by atoms with Crippen LogP contribution in [-0.4, -0.2) is 4.98 Å². The summed E-state index contributed by atoms with van der Waals surface area (Å²) in [7, 11) is 0. The van der Waals surface area contributed by atoms with Gasteiger partial charge in [-0.1, -0.05) is 20.8 Å². The highest BCUT2D eigenvalue weighted by atomic mass is 32.1. The largest absolute Gasteiger partial charge is 0.323 e. The Morgan fingerprint density at radius 2 is 2.23 bits per heavy atom. The van der Waals surface area contributed by atoms with Crippen LogP contribution in [-0.2, 0) is 0 Å². The quantitative estimate of drug-likeness (QED) is 0.811. The Hall–Kier alpha value is -0.410. The topological polar surface area (TPSA) is 38.9 Å². The molecule has 1 atom stereocenters. The molecule has 2 N–H and O–H groups in total. The molecule has 1 heterocycles. The standard InChI is InChI=1S/C10H18N2S/c1-10(2,3)5-4-8(11)9-6-13-7-12-9/h6-8H,4-5,11H2,1-3H3/t8-/m0/s1. The van der Waals surface area contributed by atoms with Crippen molar-refractivity contribution in [2.45, 2.75) is 39.7 Å². The van der Waals surface area contributed by atoms with Gasteiger partial charge in [0.05, 0.1) is 11.2 Å². The average Bonchev–Trinajstić information content (AvgIpc) is 2.50. The Morgan fingerprint density at radius 3 is 2.69 bits per heavy atom. The highest BCUT2D eigenvalue weighted by molar-refractivity contribution is 7.07. The molecule has 3 heteroatoms. The molecule has 0 radical (unpaired) electrons. The van der Waals surface area contributed by atoms with E-state index in [1.807, 2.05) is 10.9 Å². The Balaban J connectivity index is 2.39. The number of thiazole rings is 1. The zero-order chi connectivity index (χ0) is 9.90. The van der Waals surface area contributed by atoms with Crippen LogP contribution >= 0.6 is 11.3 Å². The number of nitrogens with two attached hydrogens (primary N) is 1. The molecule has 13 heavy (non-hydrogen) atoms. The molecule has 0 bridgehead atoms. The molecule has 0 saturated heterocycles. The second-order valence-electron chi connectivity index (χ2n) is 4.62. The first-order valence-electron chi connectivity index (χ1n) is 4.63. The fourth-order valence-electron chi connectivity index (χ4n) is 1.14. The third-order valence-corrected chi connectivity index (χ3v) is 2.64. The summed E-state index contributed by atoms with van der Waals surface area (Å²) in [5.41, 5.74) is 9.24. The molecule has 0 saturated carbocycles. The minimum atomic E-state index is 0.116. The van der Waals surface area contributed by atoms with Crippen molar-refractivity contribution in [1.82, 2.24) is 4.98 Å². The second-order valence-corrected chi connectivity index (χ2v) is 5.34. The number of aromatic nitrogens is 1. The molecule has 0 amide bonds. The first kappa shape index (κ1) is 10.7.